The summed E-state index contributed by atoms with van der Waals surface area (Å²) in [6.45, 7) is 6.59. The summed E-state index contributed by atoms with van der Waals surface area (Å²) in [5.41, 5.74) is 8.67. The van der Waals surface area contributed by atoms with E-state index in [1.165, 1.54) is 11.3 Å². The Labute approximate surface area is 99.5 Å². The summed E-state index contributed by atoms with van der Waals surface area (Å²) in [6, 6.07) is 9.14. The van der Waals surface area contributed by atoms with Gasteiger partial charge in [0.1, 0.15) is 0 Å². The summed E-state index contributed by atoms with van der Waals surface area (Å²) in [6.07, 6.45) is 2.12. The zero-order valence-corrected chi connectivity index (χ0v) is 10.9. The van der Waals surface area contributed by atoms with Crippen molar-refractivity contribution in [2.24, 2.45) is 5.73 Å². The summed E-state index contributed by atoms with van der Waals surface area (Å²) in [5.74, 6) is 0. The molecular weight excluding hydrogens is 196 g/mol. The minimum absolute atomic E-state index is 0.141. The topological polar surface area (TPSA) is 29.3 Å². The molecule has 2 nitrogen and oxygen atoms in total. The van der Waals surface area contributed by atoms with E-state index < -0.39 is 0 Å². The minimum Gasteiger partial charge on any atom is -0.372 e. The van der Waals surface area contributed by atoms with Crippen LogP contribution in [-0.2, 0) is 0 Å². The highest BCUT2D eigenvalue weighted by Crippen LogP contribution is 2.27. The molecule has 2 heteroatoms. The van der Waals surface area contributed by atoms with Gasteiger partial charge in [-0.1, -0.05) is 32.0 Å². The van der Waals surface area contributed by atoms with Crippen LogP contribution in [0.1, 0.15) is 45.2 Å². The molecule has 0 aromatic heterocycles. The maximum Gasteiger partial charge on any atom is 0.0414 e. The first-order valence-corrected chi connectivity index (χ1v) is 6.19. The van der Waals surface area contributed by atoms with Crippen LogP contribution in [0.4, 0.5) is 5.69 Å². The Morgan fingerprint density at radius 3 is 2.38 bits per heavy atom. The Morgan fingerprint density at radius 2 is 1.81 bits per heavy atom. The molecule has 0 aliphatic heterocycles. The second-order valence-electron chi connectivity index (χ2n) is 4.44. The Morgan fingerprint density at radius 1 is 1.19 bits per heavy atom. The lowest BCUT2D eigenvalue weighted by atomic mass is 10.0. The number of rotatable bonds is 5. The predicted molar refractivity (Wildman–Crippen MR) is 71.8 cm³/mol. The maximum absolute atomic E-state index is 6.15. The van der Waals surface area contributed by atoms with Crippen molar-refractivity contribution in [1.29, 1.82) is 0 Å². The monoisotopic (exact) mass is 220 g/mol. The Bertz CT molecular complexity index is 322. The van der Waals surface area contributed by atoms with E-state index in [2.05, 4.69) is 57.0 Å². The third-order valence-electron chi connectivity index (χ3n) is 3.41. The molecule has 1 aromatic carbocycles. The molecule has 90 valence electrons. The molecule has 0 radical (unpaired) electrons. The second kappa shape index (κ2) is 5.90. The molecule has 1 aromatic rings. The van der Waals surface area contributed by atoms with E-state index in [4.69, 9.17) is 5.73 Å². The molecule has 0 saturated heterocycles. The maximum atomic E-state index is 6.15. The first-order chi connectivity index (χ1) is 7.61. The van der Waals surface area contributed by atoms with Crippen molar-refractivity contribution >= 4 is 5.69 Å². The second-order valence-corrected chi connectivity index (χ2v) is 4.44. The zero-order chi connectivity index (χ0) is 12.1. The average molecular weight is 220 g/mol. The molecule has 0 amide bonds. The van der Waals surface area contributed by atoms with Crippen LogP contribution in [0.15, 0.2) is 24.3 Å². The number of nitrogens with zero attached hydrogens (tertiary/aromatic N) is 1. The fourth-order valence-corrected chi connectivity index (χ4v) is 1.85. The molecule has 0 bridgehead atoms. The normalized spacial score (nSPS) is 14.6. The van der Waals surface area contributed by atoms with Crippen LogP contribution in [-0.4, -0.2) is 13.1 Å². The summed E-state index contributed by atoms with van der Waals surface area (Å²) < 4.78 is 0. The zero-order valence-electron chi connectivity index (χ0n) is 10.9. The summed E-state index contributed by atoms with van der Waals surface area (Å²) in [7, 11) is 2.15. The van der Waals surface area contributed by atoms with Crippen molar-refractivity contribution in [3.8, 4) is 0 Å². The molecule has 0 saturated carbocycles. The average Bonchev–Trinajstić information content (AvgIpc) is 2.35. The van der Waals surface area contributed by atoms with Gasteiger partial charge in [-0.2, -0.15) is 0 Å². The largest absolute Gasteiger partial charge is 0.372 e. The molecule has 0 spiro atoms. The third kappa shape index (κ3) is 2.76. The molecule has 0 fully saturated rings. The van der Waals surface area contributed by atoms with Gasteiger partial charge in [-0.25, -0.2) is 0 Å². The van der Waals surface area contributed by atoms with Gasteiger partial charge >= 0.3 is 0 Å². The lowest BCUT2D eigenvalue weighted by Crippen LogP contribution is -2.29. The molecule has 1 unspecified atom stereocenters. The fourth-order valence-electron chi connectivity index (χ4n) is 1.85. The molecule has 2 atom stereocenters. The number of para-hydroxylation sites is 1. The Balaban J connectivity index is 3.03. The van der Waals surface area contributed by atoms with Crippen LogP contribution < -0.4 is 10.6 Å². The first-order valence-electron chi connectivity index (χ1n) is 6.19. The van der Waals surface area contributed by atoms with Crippen molar-refractivity contribution in [2.75, 3.05) is 11.9 Å². The van der Waals surface area contributed by atoms with Crippen LogP contribution in [0.2, 0.25) is 0 Å². The number of anilines is 1. The van der Waals surface area contributed by atoms with Gasteiger partial charge < -0.3 is 10.6 Å². The van der Waals surface area contributed by atoms with Crippen molar-refractivity contribution in [1.82, 2.24) is 0 Å². The molecule has 1 rings (SSSR count). The van der Waals surface area contributed by atoms with Gasteiger partial charge in [-0.3, -0.25) is 0 Å². The van der Waals surface area contributed by atoms with Crippen LogP contribution in [0.25, 0.3) is 0 Å². The van der Waals surface area contributed by atoms with Crippen molar-refractivity contribution in [3.05, 3.63) is 29.8 Å². The van der Waals surface area contributed by atoms with E-state index in [1.807, 2.05) is 0 Å². The van der Waals surface area contributed by atoms with Gasteiger partial charge in [0.25, 0.3) is 0 Å². The lowest BCUT2D eigenvalue weighted by Gasteiger charge is -2.29. The number of hydrogen-bond donors (Lipinski definition) is 1. The summed E-state index contributed by atoms with van der Waals surface area (Å²) in [4.78, 5) is 2.32. The Kier molecular flexibility index (Phi) is 4.81. The third-order valence-corrected chi connectivity index (χ3v) is 3.41. The van der Waals surface area contributed by atoms with Gasteiger partial charge in [0.05, 0.1) is 0 Å². The molecule has 16 heavy (non-hydrogen) atoms. The number of hydrogen-bond acceptors (Lipinski definition) is 2. The first kappa shape index (κ1) is 13.0. The highest BCUT2D eigenvalue weighted by molar-refractivity contribution is 5.55. The van der Waals surface area contributed by atoms with E-state index in [-0.39, 0.29) is 6.04 Å². The summed E-state index contributed by atoms with van der Waals surface area (Å²) >= 11 is 0. The molecular formula is C14H24N2. The van der Waals surface area contributed by atoms with E-state index in [1.54, 1.807) is 0 Å². The summed E-state index contributed by atoms with van der Waals surface area (Å²) in [5, 5.41) is 0. The molecule has 0 aliphatic carbocycles. The highest BCUT2D eigenvalue weighted by atomic mass is 15.1. The van der Waals surface area contributed by atoms with E-state index in [0.29, 0.717) is 6.04 Å². The quantitative estimate of drug-likeness (QED) is 0.824. The van der Waals surface area contributed by atoms with Crippen LogP contribution >= 0.6 is 0 Å². The van der Waals surface area contributed by atoms with Gasteiger partial charge in [0.2, 0.25) is 0 Å². The smallest absolute Gasteiger partial charge is 0.0414 e. The molecule has 2 N–H and O–H groups in total. The number of benzene rings is 1. The highest BCUT2D eigenvalue weighted by Gasteiger charge is 2.14. The standard InChI is InChI=1S/C14H24N2/c1-5-11(3)16(4)14-10-8-7-9-12(14)13(15)6-2/h7-11,13H,5-6,15H2,1-4H3/t11?,13-/m1/s1. The van der Waals surface area contributed by atoms with Crippen LogP contribution in [0, 0.1) is 0 Å². The van der Waals surface area contributed by atoms with Gasteiger partial charge in [0, 0.05) is 24.8 Å². The SMILES string of the molecule is CCC(C)N(C)c1ccccc1[C@H](N)CC. The molecule has 0 aliphatic rings. The fraction of sp³-hybridized carbons (Fsp3) is 0.571. The van der Waals surface area contributed by atoms with Crippen molar-refractivity contribution in [3.63, 3.8) is 0 Å². The van der Waals surface area contributed by atoms with E-state index >= 15 is 0 Å². The Hall–Kier alpha value is -1.02. The molecule has 0 heterocycles. The predicted octanol–water partition coefficient (Wildman–Crippen LogP) is 3.33. The van der Waals surface area contributed by atoms with Gasteiger partial charge in [-0.15, -0.1) is 0 Å². The van der Waals surface area contributed by atoms with Crippen LogP contribution in [0.5, 0.6) is 0 Å². The van der Waals surface area contributed by atoms with Gasteiger partial charge in [-0.05, 0) is 31.4 Å². The van der Waals surface area contributed by atoms with Gasteiger partial charge in [0.15, 0.2) is 0 Å². The van der Waals surface area contributed by atoms with E-state index in [9.17, 15) is 0 Å². The number of nitrogens with two attached hydrogens (primary N) is 1. The van der Waals surface area contributed by atoms with Crippen LogP contribution in [0.3, 0.4) is 0 Å². The van der Waals surface area contributed by atoms with Crippen molar-refractivity contribution < 1.29 is 0 Å². The van der Waals surface area contributed by atoms with Crippen molar-refractivity contribution in [2.45, 2.75) is 45.7 Å². The van der Waals surface area contributed by atoms with E-state index in [0.717, 1.165) is 12.8 Å². The lowest BCUT2D eigenvalue weighted by molar-refractivity contribution is 0.646. The minimum atomic E-state index is 0.141.